The lowest BCUT2D eigenvalue weighted by atomic mass is 10.2. The second-order valence-electron chi connectivity index (χ2n) is 4.82. The van der Waals surface area contributed by atoms with Gasteiger partial charge in [-0.1, -0.05) is 17.3 Å². The van der Waals surface area contributed by atoms with E-state index in [9.17, 15) is 9.59 Å². The molecular formula is C14H13N5O2S. The predicted octanol–water partition coefficient (Wildman–Crippen LogP) is 1.76. The molecule has 0 bridgehead atoms. The maximum atomic E-state index is 12.4. The van der Waals surface area contributed by atoms with Crippen molar-refractivity contribution >= 4 is 33.3 Å². The fourth-order valence-corrected chi connectivity index (χ4v) is 2.68. The molecule has 2 heterocycles. The van der Waals surface area contributed by atoms with Gasteiger partial charge in [0.25, 0.3) is 11.5 Å². The Hall–Kier alpha value is -2.61. The third-order valence-electron chi connectivity index (χ3n) is 3.19. The van der Waals surface area contributed by atoms with Gasteiger partial charge in [-0.3, -0.25) is 9.59 Å². The average molecular weight is 315 g/mol. The minimum Gasteiger partial charge on any atom is -0.300 e. The van der Waals surface area contributed by atoms with Crippen molar-refractivity contribution in [3.8, 4) is 0 Å². The highest BCUT2D eigenvalue weighted by atomic mass is 32.1. The number of hydrogen-bond acceptors (Lipinski definition) is 6. The molecule has 0 aliphatic heterocycles. The zero-order valence-electron chi connectivity index (χ0n) is 12.0. The van der Waals surface area contributed by atoms with Crippen molar-refractivity contribution in [1.82, 2.24) is 20.0 Å². The minimum atomic E-state index is -0.784. The minimum absolute atomic E-state index is 0.344. The first-order chi connectivity index (χ1) is 10.6. The molecular weight excluding hydrogens is 302 g/mol. The zero-order valence-corrected chi connectivity index (χ0v) is 12.8. The van der Waals surface area contributed by atoms with Crippen LogP contribution in [-0.4, -0.2) is 25.9 Å². The highest BCUT2D eigenvalue weighted by molar-refractivity contribution is 7.13. The lowest BCUT2D eigenvalue weighted by Crippen LogP contribution is -2.34. The molecule has 0 spiro atoms. The van der Waals surface area contributed by atoms with Crippen LogP contribution in [0.4, 0.5) is 5.13 Å². The molecule has 3 rings (SSSR count). The Morgan fingerprint density at radius 3 is 2.86 bits per heavy atom. The lowest BCUT2D eigenvalue weighted by molar-refractivity contribution is -0.119. The molecule has 22 heavy (non-hydrogen) atoms. The number of anilines is 1. The number of amides is 1. The molecule has 0 radical (unpaired) electrons. The molecule has 112 valence electrons. The first kappa shape index (κ1) is 14.3. The standard InChI is InChI=1S/C14H13N5O2S/c1-8-7-22-14(15-8)16-12(20)9(2)19-13(21)10-5-3-4-6-11(10)17-18-19/h3-7,9H,1-2H3,(H,15,16,20)/t9-/m1/s1. The van der Waals surface area contributed by atoms with Gasteiger partial charge in [-0.2, -0.15) is 4.68 Å². The summed E-state index contributed by atoms with van der Waals surface area (Å²) in [6, 6.07) is 6.11. The number of benzene rings is 1. The number of rotatable bonds is 3. The molecule has 0 fully saturated rings. The van der Waals surface area contributed by atoms with Crippen molar-refractivity contribution in [2.75, 3.05) is 5.32 Å². The molecule has 7 nitrogen and oxygen atoms in total. The fraction of sp³-hybridized carbons (Fsp3) is 0.214. The van der Waals surface area contributed by atoms with Crippen LogP contribution in [0.3, 0.4) is 0 Å². The molecule has 1 amide bonds. The van der Waals surface area contributed by atoms with Crippen LogP contribution < -0.4 is 10.9 Å². The summed E-state index contributed by atoms with van der Waals surface area (Å²) in [5.41, 5.74) is 0.992. The zero-order chi connectivity index (χ0) is 15.7. The summed E-state index contributed by atoms with van der Waals surface area (Å²) in [5.74, 6) is -0.360. The van der Waals surface area contributed by atoms with Crippen molar-refractivity contribution in [2.45, 2.75) is 19.9 Å². The number of thiazole rings is 1. The molecule has 2 aromatic heterocycles. The number of hydrogen-bond donors (Lipinski definition) is 1. The Morgan fingerprint density at radius 1 is 1.36 bits per heavy atom. The van der Waals surface area contributed by atoms with E-state index in [-0.39, 0.29) is 11.5 Å². The number of aryl methyl sites for hydroxylation is 1. The lowest BCUT2D eigenvalue weighted by Gasteiger charge is -2.12. The molecule has 8 heteroatoms. The van der Waals surface area contributed by atoms with E-state index >= 15 is 0 Å². The summed E-state index contributed by atoms with van der Waals surface area (Å²) in [6.07, 6.45) is 0. The van der Waals surface area contributed by atoms with Crippen LogP contribution in [0.15, 0.2) is 34.4 Å². The summed E-state index contributed by atoms with van der Waals surface area (Å²) in [5, 5.41) is 13.3. The van der Waals surface area contributed by atoms with E-state index < -0.39 is 6.04 Å². The van der Waals surface area contributed by atoms with E-state index in [1.165, 1.54) is 11.3 Å². The Labute approximate surface area is 129 Å². The number of aromatic nitrogens is 4. The van der Waals surface area contributed by atoms with Crippen molar-refractivity contribution in [2.24, 2.45) is 0 Å². The van der Waals surface area contributed by atoms with Crippen molar-refractivity contribution in [3.05, 3.63) is 45.7 Å². The molecule has 1 atom stereocenters. The van der Waals surface area contributed by atoms with Gasteiger partial charge in [-0.25, -0.2) is 4.98 Å². The normalized spacial score (nSPS) is 12.3. The Kier molecular flexibility index (Phi) is 3.68. The number of fused-ring (bicyclic) bond motifs is 1. The van der Waals surface area contributed by atoms with Crippen LogP contribution >= 0.6 is 11.3 Å². The van der Waals surface area contributed by atoms with Crippen LogP contribution in [0.1, 0.15) is 18.7 Å². The van der Waals surface area contributed by atoms with E-state index in [0.29, 0.717) is 16.0 Å². The van der Waals surface area contributed by atoms with Crippen molar-refractivity contribution in [3.63, 3.8) is 0 Å². The molecule has 1 N–H and O–H groups in total. The monoisotopic (exact) mass is 315 g/mol. The number of nitrogens with one attached hydrogen (secondary N) is 1. The summed E-state index contributed by atoms with van der Waals surface area (Å²) >= 11 is 1.33. The van der Waals surface area contributed by atoms with Crippen LogP contribution in [0.25, 0.3) is 10.9 Å². The van der Waals surface area contributed by atoms with E-state index in [1.54, 1.807) is 31.2 Å². The largest absolute Gasteiger partial charge is 0.300 e. The highest BCUT2D eigenvalue weighted by Crippen LogP contribution is 2.16. The fourth-order valence-electron chi connectivity index (χ4n) is 1.99. The van der Waals surface area contributed by atoms with Gasteiger partial charge in [-0.15, -0.1) is 16.4 Å². The number of carbonyl (C=O) groups excluding carboxylic acids is 1. The number of nitrogens with zero attached hydrogens (tertiary/aromatic N) is 4. The third-order valence-corrected chi connectivity index (χ3v) is 4.06. The highest BCUT2D eigenvalue weighted by Gasteiger charge is 2.20. The van der Waals surface area contributed by atoms with E-state index in [0.717, 1.165) is 10.4 Å². The summed E-state index contributed by atoms with van der Waals surface area (Å²) in [6.45, 7) is 3.44. The molecule has 0 saturated carbocycles. The van der Waals surface area contributed by atoms with Crippen molar-refractivity contribution in [1.29, 1.82) is 0 Å². The topological polar surface area (TPSA) is 89.8 Å². The Morgan fingerprint density at radius 2 is 2.14 bits per heavy atom. The molecule has 0 aliphatic rings. The quantitative estimate of drug-likeness (QED) is 0.795. The maximum absolute atomic E-state index is 12.4. The van der Waals surface area contributed by atoms with Gasteiger partial charge in [0.2, 0.25) is 0 Å². The van der Waals surface area contributed by atoms with Gasteiger partial charge in [-0.05, 0) is 26.0 Å². The summed E-state index contributed by atoms with van der Waals surface area (Å²) in [4.78, 5) is 28.8. The van der Waals surface area contributed by atoms with E-state index in [4.69, 9.17) is 0 Å². The summed E-state index contributed by atoms with van der Waals surface area (Å²) in [7, 11) is 0. The predicted molar refractivity (Wildman–Crippen MR) is 84.0 cm³/mol. The van der Waals surface area contributed by atoms with Gasteiger partial charge in [0, 0.05) is 5.38 Å². The first-order valence-corrected chi connectivity index (χ1v) is 7.51. The molecule has 3 aromatic rings. The molecule has 0 unspecified atom stereocenters. The Balaban J connectivity index is 1.91. The molecule has 1 aromatic carbocycles. The second-order valence-corrected chi connectivity index (χ2v) is 5.67. The van der Waals surface area contributed by atoms with Gasteiger partial charge >= 0.3 is 0 Å². The molecule has 0 aliphatic carbocycles. The average Bonchev–Trinajstić information content (AvgIpc) is 2.92. The first-order valence-electron chi connectivity index (χ1n) is 6.63. The van der Waals surface area contributed by atoms with Gasteiger partial charge in [0.15, 0.2) is 5.13 Å². The third kappa shape index (κ3) is 2.60. The van der Waals surface area contributed by atoms with Gasteiger partial charge < -0.3 is 5.32 Å². The second kappa shape index (κ2) is 5.64. The SMILES string of the molecule is Cc1csc(NC(=O)[C@@H](C)n2nnc3ccccc3c2=O)n1. The van der Waals surface area contributed by atoms with Crippen LogP contribution in [0.5, 0.6) is 0 Å². The smallest absolute Gasteiger partial charge is 0.278 e. The van der Waals surface area contributed by atoms with Crippen LogP contribution in [-0.2, 0) is 4.79 Å². The molecule has 0 saturated heterocycles. The van der Waals surface area contributed by atoms with Crippen LogP contribution in [0, 0.1) is 6.92 Å². The maximum Gasteiger partial charge on any atom is 0.278 e. The van der Waals surface area contributed by atoms with Crippen LogP contribution in [0.2, 0.25) is 0 Å². The van der Waals surface area contributed by atoms with Gasteiger partial charge in [0.1, 0.15) is 11.6 Å². The van der Waals surface area contributed by atoms with Crippen molar-refractivity contribution < 1.29 is 4.79 Å². The van der Waals surface area contributed by atoms with E-state index in [2.05, 4.69) is 20.6 Å². The van der Waals surface area contributed by atoms with Gasteiger partial charge in [0.05, 0.1) is 11.1 Å². The number of carbonyl (C=O) groups is 1. The van der Waals surface area contributed by atoms with E-state index in [1.807, 2.05) is 12.3 Å². The summed E-state index contributed by atoms with van der Waals surface area (Å²) < 4.78 is 1.08. The Bertz CT molecular complexity index is 901.